The van der Waals surface area contributed by atoms with E-state index in [1.807, 2.05) is 35.0 Å². The molecule has 0 bridgehead atoms. The summed E-state index contributed by atoms with van der Waals surface area (Å²) < 4.78 is 22.0. The van der Waals surface area contributed by atoms with Gasteiger partial charge in [0, 0.05) is 23.9 Å². The third-order valence-corrected chi connectivity index (χ3v) is 6.28. The van der Waals surface area contributed by atoms with E-state index < -0.39 is 5.82 Å². The smallest absolute Gasteiger partial charge is 0.141 e. The van der Waals surface area contributed by atoms with Gasteiger partial charge in [-0.3, -0.25) is 0 Å². The van der Waals surface area contributed by atoms with Crippen molar-refractivity contribution in [2.75, 3.05) is 7.11 Å². The molecule has 0 atom stereocenters. The van der Waals surface area contributed by atoms with E-state index in [9.17, 15) is 4.39 Å². The fraction of sp³-hybridized carbons (Fsp3) is 0.379. The maximum atomic E-state index is 13.2. The average molecular weight is 541 g/mol. The maximum absolute atomic E-state index is 13.2. The number of halogens is 2. The number of methoxy groups -OCH3 is 1. The molecular weight excluding hydrogens is 503 g/mol. The van der Waals surface area contributed by atoms with E-state index in [0.29, 0.717) is 18.8 Å². The molecule has 9 heteroatoms. The highest BCUT2D eigenvalue weighted by Crippen LogP contribution is 2.26. The third kappa shape index (κ3) is 6.81. The summed E-state index contributed by atoms with van der Waals surface area (Å²) in [6.07, 6.45) is 0. The Balaban J connectivity index is 0.000000211. The molecule has 0 unspecified atom stereocenters. The molecule has 4 N–H and O–H groups in total. The van der Waals surface area contributed by atoms with Crippen LogP contribution in [0.1, 0.15) is 64.3 Å². The summed E-state index contributed by atoms with van der Waals surface area (Å²) in [6.45, 7) is 13.5. The summed E-state index contributed by atoms with van der Waals surface area (Å²) in [6, 6.07) is 16.4. The first-order valence-corrected chi connectivity index (χ1v) is 12.8. The fourth-order valence-corrected chi connectivity index (χ4v) is 3.83. The second kappa shape index (κ2) is 11.7. The number of hydrogen-bond acceptors (Lipinski definition) is 5. The Hall–Kier alpha value is -3.20. The summed E-state index contributed by atoms with van der Waals surface area (Å²) in [5.41, 5.74) is 17.1. The average Bonchev–Trinajstić information content (AvgIpc) is 3.51. The van der Waals surface area contributed by atoms with E-state index >= 15 is 0 Å². The summed E-state index contributed by atoms with van der Waals surface area (Å²) >= 11 is 5.81. The molecule has 2 heterocycles. The van der Waals surface area contributed by atoms with Crippen molar-refractivity contribution in [2.45, 2.75) is 65.5 Å². The van der Waals surface area contributed by atoms with Crippen LogP contribution in [0, 0.1) is 5.82 Å². The van der Waals surface area contributed by atoms with Crippen molar-refractivity contribution in [3.8, 4) is 17.1 Å². The van der Waals surface area contributed by atoms with E-state index in [-0.39, 0.29) is 15.9 Å². The number of ether oxygens (including phenoxy) is 1. The Kier molecular flexibility index (Phi) is 9.02. The Bertz CT molecular complexity index is 1360. The highest BCUT2D eigenvalue weighted by atomic mass is 35.5. The van der Waals surface area contributed by atoms with E-state index in [4.69, 9.17) is 27.8 Å². The van der Waals surface area contributed by atoms with Crippen molar-refractivity contribution in [3.05, 3.63) is 88.2 Å². The van der Waals surface area contributed by atoms with Gasteiger partial charge in [0.25, 0.3) is 0 Å². The van der Waals surface area contributed by atoms with Gasteiger partial charge in [0.05, 0.1) is 46.3 Å². The maximum Gasteiger partial charge on any atom is 0.141 e. The first-order valence-electron chi connectivity index (χ1n) is 12.5. The summed E-state index contributed by atoms with van der Waals surface area (Å²) in [5.74, 6) is 0.393. The van der Waals surface area contributed by atoms with Crippen LogP contribution in [0.25, 0.3) is 11.4 Å². The number of hydrogen-bond donors (Lipinski definition) is 2. The van der Waals surface area contributed by atoms with Crippen LogP contribution in [-0.2, 0) is 23.9 Å². The van der Waals surface area contributed by atoms with Gasteiger partial charge in [-0.2, -0.15) is 10.2 Å². The molecule has 0 fully saturated rings. The molecule has 0 saturated heterocycles. The largest absolute Gasteiger partial charge is 0.497 e. The summed E-state index contributed by atoms with van der Waals surface area (Å²) in [7, 11) is 1.66. The molecule has 4 aromatic rings. The normalized spacial score (nSPS) is 11.8. The van der Waals surface area contributed by atoms with Gasteiger partial charge in [0.1, 0.15) is 11.6 Å². The molecule has 0 radical (unpaired) electrons. The van der Waals surface area contributed by atoms with E-state index in [0.717, 1.165) is 34.2 Å². The van der Waals surface area contributed by atoms with Gasteiger partial charge in [-0.05, 0) is 54.6 Å². The number of rotatable bonds is 5. The van der Waals surface area contributed by atoms with Gasteiger partial charge in [0.15, 0.2) is 0 Å². The van der Waals surface area contributed by atoms with Gasteiger partial charge in [0.2, 0.25) is 0 Å². The SMILES string of the molecule is CC(C)(C)c1cc(CN)n(-c2ccc(F)c(Cl)c2)n1.COc1ccc(-n2nc(C(C)(C)C)cc2CN)cc1. The van der Waals surface area contributed by atoms with Crippen molar-refractivity contribution < 1.29 is 9.13 Å². The van der Waals surface area contributed by atoms with Crippen LogP contribution in [0.2, 0.25) is 5.02 Å². The van der Waals surface area contributed by atoms with Gasteiger partial charge in [-0.1, -0.05) is 53.1 Å². The predicted octanol–water partition coefficient (Wildman–Crippen LogP) is 6.06. The Morgan fingerprint density at radius 2 is 1.21 bits per heavy atom. The first-order chi connectivity index (χ1) is 17.8. The van der Waals surface area contributed by atoms with Crippen LogP contribution in [-0.4, -0.2) is 26.7 Å². The summed E-state index contributed by atoms with van der Waals surface area (Å²) in [5, 5.41) is 9.30. The van der Waals surface area contributed by atoms with Gasteiger partial charge in [-0.25, -0.2) is 13.8 Å². The third-order valence-electron chi connectivity index (χ3n) is 5.99. The second-order valence-electron chi connectivity index (χ2n) is 11.1. The van der Waals surface area contributed by atoms with E-state index in [2.05, 4.69) is 57.8 Å². The van der Waals surface area contributed by atoms with Crippen LogP contribution in [0.4, 0.5) is 4.39 Å². The van der Waals surface area contributed by atoms with Crippen LogP contribution in [0.15, 0.2) is 54.6 Å². The van der Waals surface area contributed by atoms with E-state index in [1.165, 1.54) is 6.07 Å². The monoisotopic (exact) mass is 540 g/mol. The highest BCUT2D eigenvalue weighted by Gasteiger charge is 2.21. The minimum Gasteiger partial charge on any atom is -0.497 e. The fourth-order valence-electron chi connectivity index (χ4n) is 3.65. The zero-order valence-electron chi connectivity index (χ0n) is 23.2. The van der Waals surface area contributed by atoms with Crippen LogP contribution >= 0.6 is 11.6 Å². The molecule has 2 aromatic heterocycles. The Morgan fingerprint density at radius 3 is 1.61 bits per heavy atom. The van der Waals surface area contributed by atoms with Crippen molar-refractivity contribution in [1.29, 1.82) is 0 Å². The molecule has 7 nitrogen and oxygen atoms in total. The van der Waals surface area contributed by atoms with Crippen LogP contribution in [0.3, 0.4) is 0 Å². The van der Waals surface area contributed by atoms with Gasteiger partial charge in [-0.15, -0.1) is 0 Å². The summed E-state index contributed by atoms with van der Waals surface area (Å²) in [4.78, 5) is 0. The lowest BCUT2D eigenvalue weighted by atomic mass is 9.92. The molecule has 0 aliphatic heterocycles. The van der Waals surface area contributed by atoms with Crippen molar-refractivity contribution >= 4 is 11.6 Å². The molecule has 0 spiro atoms. The zero-order valence-corrected chi connectivity index (χ0v) is 24.0. The minimum absolute atomic E-state index is 0.0155. The number of nitrogens with two attached hydrogens (primary N) is 2. The Morgan fingerprint density at radius 1 is 0.763 bits per heavy atom. The molecule has 2 aromatic carbocycles. The lowest BCUT2D eigenvalue weighted by molar-refractivity contribution is 0.414. The van der Waals surface area contributed by atoms with Crippen LogP contribution in [0.5, 0.6) is 5.75 Å². The first kappa shape index (κ1) is 29.4. The lowest BCUT2D eigenvalue weighted by Crippen LogP contribution is -2.12. The molecule has 0 aliphatic carbocycles. The van der Waals surface area contributed by atoms with Crippen molar-refractivity contribution in [3.63, 3.8) is 0 Å². The van der Waals surface area contributed by atoms with Crippen molar-refractivity contribution in [2.24, 2.45) is 11.5 Å². The number of nitrogens with zero attached hydrogens (tertiary/aromatic N) is 4. The Labute approximate surface area is 229 Å². The number of aromatic nitrogens is 4. The molecule has 38 heavy (non-hydrogen) atoms. The molecule has 204 valence electrons. The highest BCUT2D eigenvalue weighted by molar-refractivity contribution is 6.30. The van der Waals surface area contributed by atoms with Crippen molar-refractivity contribution in [1.82, 2.24) is 19.6 Å². The van der Waals surface area contributed by atoms with Gasteiger partial charge >= 0.3 is 0 Å². The quantitative estimate of drug-likeness (QED) is 0.321. The van der Waals surface area contributed by atoms with Crippen LogP contribution < -0.4 is 16.2 Å². The topological polar surface area (TPSA) is 96.9 Å². The molecular formula is C29H38ClFN6O. The van der Waals surface area contributed by atoms with E-state index in [1.54, 1.807) is 23.9 Å². The molecule has 0 aliphatic rings. The standard InChI is InChI=1S/C15H21N3O.C14H17ClFN3/c1-15(2,3)14-9-12(10-16)18(17-14)11-5-7-13(19-4)8-6-11;1-14(2,3)13-7-10(8-17)19(18-13)9-4-5-12(16)11(15)6-9/h5-9H,10,16H2,1-4H3;4-7H,8,17H2,1-3H3. The minimum atomic E-state index is -0.442. The zero-order chi connectivity index (χ0) is 28.3. The molecule has 0 saturated carbocycles. The van der Waals surface area contributed by atoms with Gasteiger partial charge < -0.3 is 16.2 Å². The molecule has 0 amide bonds. The molecule has 4 rings (SSSR count). The predicted molar refractivity (Wildman–Crippen MR) is 152 cm³/mol. The lowest BCUT2D eigenvalue weighted by Gasteiger charge is -2.14. The second-order valence-corrected chi connectivity index (χ2v) is 11.5. The number of benzene rings is 2.